The van der Waals surface area contributed by atoms with Gasteiger partial charge in [0.1, 0.15) is 0 Å². The summed E-state index contributed by atoms with van der Waals surface area (Å²) < 4.78 is 5.80. The van der Waals surface area contributed by atoms with Crippen LogP contribution in [0.1, 0.15) is 34.1 Å². The third kappa shape index (κ3) is 3.19. The molecule has 2 atom stereocenters. The Morgan fingerprint density at radius 3 is 2.62 bits per heavy atom. The van der Waals surface area contributed by atoms with Crippen molar-refractivity contribution < 1.29 is 14.6 Å². The van der Waals surface area contributed by atoms with Crippen LogP contribution in [-0.4, -0.2) is 36.4 Å². The molecule has 0 aromatic rings. The molecule has 0 aromatic heterocycles. The molecule has 1 fully saturated rings. The zero-order valence-electron chi connectivity index (χ0n) is 10.6. The number of nitrogens with one attached hydrogen (secondary N) is 1. The molecule has 0 aliphatic heterocycles. The number of rotatable bonds is 6. The van der Waals surface area contributed by atoms with E-state index in [-0.39, 0.29) is 24.1 Å². The quantitative estimate of drug-likeness (QED) is 0.724. The van der Waals surface area contributed by atoms with Crippen LogP contribution in [0, 0.1) is 11.3 Å². The maximum atomic E-state index is 10.5. The Kier molecular flexibility index (Phi) is 4.33. The van der Waals surface area contributed by atoms with Gasteiger partial charge in [-0.3, -0.25) is 4.79 Å². The molecular weight excluding hydrogens is 206 g/mol. The van der Waals surface area contributed by atoms with Crippen molar-refractivity contribution >= 4 is 5.97 Å². The Balaban J connectivity index is 2.32. The SMILES string of the molecule is CC(C)COC1CC(NCC(=O)O)C1(C)C. The first-order valence-corrected chi connectivity index (χ1v) is 5.90. The molecule has 4 nitrogen and oxygen atoms in total. The Morgan fingerprint density at radius 1 is 1.56 bits per heavy atom. The first-order valence-electron chi connectivity index (χ1n) is 5.90. The minimum Gasteiger partial charge on any atom is -0.480 e. The summed E-state index contributed by atoms with van der Waals surface area (Å²) in [5, 5.41) is 11.6. The lowest BCUT2D eigenvalue weighted by Crippen LogP contribution is -2.61. The Hall–Kier alpha value is -0.610. The summed E-state index contributed by atoms with van der Waals surface area (Å²) in [6.07, 6.45) is 1.16. The van der Waals surface area contributed by atoms with Crippen LogP contribution in [0.4, 0.5) is 0 Å². The summed E-state index contributed by atoms with van der Waals surface area (Å²) >= 11 is 0. The standard InChI is InChI=1S/C12H23NO3/c1-8(2)7-16-10-5-9(12(10,3)4)13-6-11(14)15/h8-10,13H,5-7H2,1-4H3,(H,14,15). The van der Waals surface area contributed by atoms with E-state index in [1.165, 1.54) is 0 Å². The van der Waals surface area contributed by atoms with Crippen molar-refractivity contribution in [1.82, 2.24) is 5.32 Å². The van der Waals surface area contributed by atoms with Gasteiger partial charge in [-0.2, -0.15) is 0 Å². The molecule has 4 heteroatoms. The van der Waals surface area contributed by atoms with Crippen LogP contribution in [0.5, 0.6) is 0 Å². The van der Waals surface area contributed by atoms with Crippen LogP contribution >= 0.6 is 0 Å². The molecule has 2 unspecified atom stereocenters. The summed E-state index contributed by atoms with van der Waals surface area (Å²) in [5.74, 6) is -0.260. The average Bonchev–Trinajstić information content (AvgIpc) is 2.14. The lowest BCUT2D eigenvalue weighted by atomic mass is 9.64. The molecule has 1 aliphatic rings. The van der Waals surface area contributed by atoms with E-state index in [9.17, 15) is 4.79 Å². The van der Waals surface area contributed by atoms with E-state index in [1.807, 2.05) is 0 Å². The van der Waals surface area contributed by atoms with Crippen LogP contribution in [0.25, 0.3) is 0 Å². The number of ether oxygens (including phenoxy) is 1. The molecule has 0 saturated heterocycles. The monoisotopic (exact) mass is 229 g/mol. The predicted octanol–water partition coefficient (Wildman–Crippen LogP) is 1.50. The molecule has 16 heavy (non-hydrogen) atoms. The zero-order chi connectivity index (χ0) is 12.3. The fraction of sp³-hybridized carbons (Fsp3) is 0.917. The highest BCUT2D eigenvalue weighted by Gasteiger charge is 2.48. The molecule has 94 valence electrons. The van der Waals surface area contributed by atoms with Gasteiger partial charge in [-0.15, -0.1) is 0 Å². The van der Waals surface area contributed by atoms with Crippen LogP contribution in [-0.2, 0) is 9.53 Å². The molecule has 0 bridgehead atoms. The summed E-state index contributed by atoms with van der Waals surface area (Å²) in [4.78, 5) is 10.5. The smallest absolute Gasteiger partial charge is 0.317 e. The fourth-order valence-electron chi connectivity index (χ4n) is 2.03. The van der Waals surface area contributed by atoms with Crippen molar-refractivity contribution in [3.05, 3.63) is 0 Å². The molecular formula is C12H23NO3. The first-order chi connectivity index (χ1) is 7.34. The van der Waals surface area contributed by atoms with E-state index in [0.717, 1.165) is 13.0 Å². The second kappa shape index (κ2) is 5.15. The van der Waals surface area contributed by atoms with E-state index < -0.39 is 5.97 Å². The number of carboxylic acid groups (broad SMARTS) is 1. The van der Waals surface area contributed by atoms with Gasteiger partial charge in [0.15, 0.2) is 0 Å². The van der Waals surface area contributed by atoms with E-state index in [1.54, 1.807) is 0 Å². The van der Waals surface area contributed by atoms with Gasteiger partial charge in [0.2, 0.25) is 0 Å². The van der Waals surface area contributed by atoms with Gasteiger partial charge in [-0.1, -0.05) is 27.7 Å². The molecule has 0 aromatic carbocycles. The first kappa shape index (κ1) is 13.5. The summed E-state index contributed by atoms with van der Waals surface area (Å²) in [5.41, 5.74) is 0.0321. The van der Waals surface area contributed by atoms with Gasteiger partial charge in [0.05, 0.1) is 12.6 Å². The predicted molar refractivity (Wildman–Crippen MR) is 62.4 cm³/mol. The highest BCUT2D eigenvalue weighted by atomic mass is 16.5. The van der Waals surface area contributed by atoms with Crippen molar-refractivity contribution in [3.63, 3.8) is 0 Å². The molecule has 0 amide bonds. The lowest BCUT2D eigenvalue weighted by molar-refractivity contribution is -0.140. The number of carboxylic acids is 1. The average molecular weight is 229 g/mol. The molecule has 1 aliphatic carbocycles. The number of carbonyl (C=O) groups is 1. The molecule has 2 N–H and O–H groups in total. The third-order valence-corrected chi connectivity index (χ3v) is 3.31. The zero-order valence-corrected chi connectivity index (χ0v) is 10.6. The van der Waals surface area contributed by atoms with E-state index in [0.29, 0.717) is 5.92 Å². The van der Waals surface area contributed by atoms with Crippen molar-refractivity contribution in [1.29, 1.82) is 0 Å². The lowest BCUT2D eigenvalue weighted by Gasteiger charge is -2.52. The van der Waals surface area contributed by atoms with Gasteiger partial charge in [0.25, 0.3) is 0 Å². The van der Waals surface area contributed by atoms with E-state index >= 15 is 0 Å². The summed E-state index contributed by atoms with van der Waals surface area (Å²) in [6, 6.07) is 0.251. The summed E-state index contributed by atoms with van der Waals surface area (Å²) in [6.45, 7) is 9.32. The van der Waals surface area contributed by atoms with Gasteiger partial charge < -0.3 is 15.2 Å². The molecule has 0 spiro atoms. The van der Waals surface area contributed by atoms with E-state index in [4.69, 9.17) is 9.84 Å². The van der Waals surface area contributed by atoms with Crippen molar-refractivity contribution in [2.24, 2.45) is 11.3 Å². The second-order valence-electron chi connectivity index (χ2n) is 5.60. The highest BCUT2D eigenvalue weighted by molar-refractivity contribution is 5.69. The molecule has 0 radical (unpaired) electrons. The number of hydrogen-bond acceptors (Lipinski definition) is 3. The van der Waals surface area contributed by atoms with E-state index in [2.05, 4.69) is 33.0 Å². The van der Waals surface area contributed by atoms with Gasteiger partial charge in [-0.25, -0.2) is 0 Å². The Morgan fingerprint density at radius 2 is 2.19 bits per heavy atom. The summed E-state index contributed by atoms with van der Waals surface area (Å²) in [7, 11) is 0. The van der Waals surface area contributed by atoms with Gasteiger partial charge >= 0.3 is 5.97 Å². The molecule has 0 heterocycles. The fourth-order valence-corrected chi connectivity index (χ4v) is 2.03. The maximum Gasteiger partial charge on any atom is 0.317 e. The van der Waals surface area contributed by atoms with Gasteiger partial charge in [0, 0.05) is 18.1 Å². The van der Waals surface area contributed by atoms with Crippen LogP contribution in [0.3, 0.4) is 0 Å². The number of aliphatic carboxylic acids is 1. The van der Waals surface area contributed by atoms with Crippen LogP contribution < -0.4 is 5.32 Å². The van der Waals surface area contributed by atoms with Crippen molar-refractivity contribution in [3.8, 4) is 0 Å². The minimum atomic E-state index is -0.803. The largest absolute Gasteiger partial charge is 0.480 e. The Bertz CT molecular complexity index is 251. The second-order valence-corrected chi connectivity index (χ2v) is 5.60. The van der Waals surface area contributed by atoms with Gasteiger partial charge in [-0.05, 0) is 12.3 Å². The van der Waals surface area contributed by atoms with Crippen LogP contribution in [0.15, 0.2) is 0 Å². The Labute approximate surface area is 97.4 Å². The molecule has 1 saturated carbocycles. The minimum absolute atomic E-state index is 0.0321. The number of hydrogen-bond donors (Lipinski definition) is 2. The topological polar surface area (TPSA) is 58.6 Å². The van der Waals surface area contributed by atoms with Crippen LogP contribution in [0.2, 0.25) is 0 Å². The third-order valence-electron chi connectivity index (χ3n) is 3.31. The molecule has 1 rings (SSSR count). The maximum absolute atomic E-state index is 10.5. The van der Waals surface area contributed by atoms with Crippen molar-refractivity contribution in [2.45, 2.75) is 46.3 Å². The highest BCUT2D eigenvalue weighted by Crippen LogP contribution is 2.42. The normalized spacial score (nSPS) is 27.8. The van der Waals surface area contributed by atoms with Crippen molar-refractivity contribution in [2.75, 3.05) is 13.2 Å².